The molecular formula is C17H21N3OS. The number of benzene rings is 2. The van der Waals surface area contributed by atoms with Crippen LogP contribution in [0.1, 0.15) is 25.8 Å². The molecule has 0 fully saturated rings. The Bertz CT molecular complexity index is 670. The highest BCUT2D eigenvalue weighted by molar-refractivity contribution is 7.80. The van der Waals surface area contributed by atoms with Gasteiger partial charge in [-0.25, -0.2) is 0 Å². The van der Waals surface area contributed by atoms with E-state index in [4.69, 9.17) is 17.0 Å². The monoisotopic (exact) mass is 315 g/mol. The summed E-state index contributed by atoms with van der Waals surface area (Å²) in [6.45, 7) is 5.52. The van der Waals surface area contributed by atoms with Crippen LogP contribution in [0.3, 0.4) is 0 Å². The molecule has 0 unspecified atom stereocenters. The molecule has 0 heterocycles. The van der Waals surface area contributed by atoms with Crippen LogP contribution in [0.5, 0.6) is 5.75 Å². The fraction of sp³-hybridized carbons (Fsp3) is 0.294. The zero-order valence-corrected chi connectivity index (χ0v) is 13.7. The lowest BCUT2D eigenvalue weighted by Gasteiger charge is -2.11. The molecule has 0 aliphatic rings. The maximum atomic E-state index is 5.83. The summed E-state index contributed by atoms with van der Waals surface area (Å²) in [6, 6.07) is 12.2. The molecule has 0 bridgehead atoms. The third-order valence-corrected chi connectivity index (χ3v) is 3.33. The largest absolute Gasteiger partial charge is 0.493 e. The Morgan fingerprint density at radius 3 is 2.82 bits per heavy atom. The predicted octanol–water partition coefficient (Wildman–Crippen LogP) is 3.45. The molecule has 0 aliphatic carbocycles. The van der Waals surface area contributed by atoms with Crippen LogP contribution in [-0.2, 0) is 0 Å². The van der Waals surface area contributed by atoms with E-state index in [1.54, 1.807) is 6.21 Å². The summed E-state index contributed by atoms with van der Waals surface area (Å²) in [7, 11) is 0. The quantitative estimate of drug-likeness (QED) is 0.487. The average Bonchev–Trinajstić information content (AvgIpc) is 2.54. The van der Waals surface area contributed by atoms with Crippen LogP contribution in [0.25, 0.3) is 10.8 Å². The van der Waals surface area contributed by atoms with Gasteiger partial charge >= 0.3 is 0 Å². The minimum absolute atomic E-state index is 0.509. The lowest BCUT2D eigenvalue weighted by Crippen LogP contribution is -2.31. The van der Waals surface area contributed by atoms with Gasteiger partial charge in [0.25, 0.3) is 0 Å². The second kappa shape index (κ2) is 8.34. The molecule has 0 spiro atoms. The molecule has 22 heavy (non-hydrogen) atoms. The number of nitrogens with one attached hydrogen (secondary N) is 2. The van der Waals surface area contributed by atoms with Crippen LogP contribution >= 0.6 is 12.2 Å². The van der Waals surface area contributed by atoms with Gasteiger partial charge in [-0.05, 0) is 42.4 Å². The zero-order chi connectivity index (χ0) is 15.8. The first-order chi connectivity index (χ1) is 10.8. The van der Waals surface area contributed by atoms with Crippen molar-refractivity contribution in [1.82, 2.24) is 10.7 Å². The van der Waals surface area contributed by atoms with Gasteiger partial charge in [-0.1, -0.05) is 37.3 Å². The van der Waals surface area contributed by atoms with Crippen molar-refractivity contribution >= 4 is 34.3 Å². The van der Waals surface area contributed by atoms with Gasteiger partial charge in [0.15, 0.2) is 5.11 Å². The molecule has 2 aromatic carbocycles. The summed E-state index contributed by atoms with van der Waals surface area (Å²) >= 11 is 5.10. The molecule has 0 atom stereocenters. The number of nitrogens with zero attached hydrogens (tertiary/aromatic N) is 1. The van der Waals surface area contributed by atoms with Crippen molar-refractivity contribution in [2.24, 2.45) is 5.10 Å². The maximum Gasteiger partial charge on any atom is 0.186 e. The van der Waals surface area contributed by atoms with Gasteiger partial charge in [-0.15, -0.1) is 0 Å². The van der Waals surface area contributed by atoms with E-state index < -0.39 is 0 Å². The van der Waals surface area contributed by atoms with Crippen LogP contribution in [0.2, 0.25) is 0 Å². The van der Waals surface area contributed by atoms with Crippen molar-refractivity contribution in [3.8, 4) is 5.75 Å². The number of hydrogen-bond donors (Lipinski definition) is 2. The van der Waals surface area contributed by atoms with Crippen LogP contribution in [-0.4, -0.2) is 24.5 Å². The minimum Gasteiger partial charge on any atom is -0.493 e. The summed E-state index contributed by atoms with van der Waals surface area (Å²) < 4.78 is 5.83. The lowest BCUT2D eigenvalue weighted by atomic mass is 10.0. The van der Waals surface area contributed by atoms with Crippen LogP contribution in [0.15, 0.2) is 41.5 Å². The topological polar surface area (TPSA) is 45.6 Å². The van der Waals surface area contributed by atoms with E-state index in [0.29, 0.717) is 11.7 Å². The first-order valence-corrected chi connectivity index (χ1v) is 7.88. The Morgan fingerprint density at radius 1 is 1.23 bits per heavy atom. The van der Waals surface area contributed by atoms with Gasteiger partial charge in [0.05, 0.1) is 12.8 Å². The first kappa shape index (κ1) is 16.2. The highest BCUT2D eigenvalue weighted by atomic mass is 32.1. The summed E-state index contributed by atoms with van der Waals surface area (Å²) in [5.74, 6) is 0.834. The normalized spacial score (nSPS) is 10.8. The second-order valence-electron chi connectivity index (χ2n) is 4.78. The molecule has 116 valence electrons. The fourth-order valence-electron chi connectivity index (χ4n) is 2.10. The molecule has 0 aromatic heterocycles. The van der Waals surface area contributed by atoms with Crippen molar-refractivity contribution in [3.63, 3.8) is 0 Å². The van der Waals surface area contributed by atoms with Crippen molar-refractivity contribution in [2.45, 2.75) is 20.3 Å². The van der Waals surface area contributed by atoms with E-state index in [9.17, 15) is 0 Å². The van der Waals surface area contributed by atoms with E-state index in [2.05, 4.69) is 41.0 Å². The van der Waals surface area contributed by atoms with E-state index in [-0.39, 0.29) is 0 Å². The number of fused-ring (bicyclic) bond motifs is 1. The van der Waals surface area contributed by atoms with E-state index in [1.807, 2.05) is 25.1 Å². The van der Waals surface area contributed by atoms with Crippen molar-refractivity contribution in [1.29, 1.82) is 0 Å². The van der Waals surface area contributed by atoms with Crippen molar-refractivity contribution in [3.05, 3.63) is 42.0 Å². The smallest absolute Gasteiger partial charge is 0.186 e. The first-order valence-electron chi connectivity index (χ1n) is 7.47. The summed E-state index contributed by atoms with van der Waals surface area (Å²) in [6.07, 6.45) is 2.73. The Balaban J connectivity index is 2.30. The fourth-order valence-corrected chi connectivity index (χ4v) is 2.30. The predicted molar refractivity (Wildman–Crippen MR) is 96.7 cm³/mol. The summed E-state index contributed by atoms with van der Waals surface area (Å²) in [4.78, 5) is 0. The molecule has 5 heteroatoms. The zero-order valence-electron chi connectivity index (χ0n) is 12.9. The van der Waals surface area contributed by atoms with E-state index >= 15 is 0 Å². The average molecular weight is 315 g/mol. The number of hydrogen-bond acceptors (Lipinski definition) is 3. The molecule has 2 N–H and O–H groups in total. The van der Waals surface area contributed by atoms with Gasteiger partial charge < -0.3 is 10.1 Å². The molecule has 2 aromatic rings. The second-order valence-corrected chi connectivity index (χ2v) is 5.18. The molecule has 0 aliphatic heterocycles. The number of rotatable bonds is 6. The van der Waals surface area contributed by atoms with Gasteiger partial charge in [0, 0.05) is 12.1 Å². The van der Waals surface area contributed by atoms with Gasteiger partial charge in [-0.2, -0.15) is 5.10 Å². The molecule has 0 saturated carbocycles. The maximum absolute atomic E-state index is 5.83. The molecule has 0 amide bonds. The number of hydrazone groups is 1. The Kier molecular flexibility index (Phi) is 6.15. The van der Waals surface area contributed by atoms with Crippen LogP contribution in [0, 0.1) is 0 Å². The molecule has 2 rings (SSSR count). The van der Waals surface area contributed by atoms with E-state index in [1.165, 1.54) is 0 Å². The molecule has 0 saturated heterocycles. The van der Waals surface area contributed by atoms with Gasteiger partial charge in [0.2, 0.25) is 0 Å². The number of ether oxygens (including phenoxy) is 1. The summed E-state index contributed by atoms with van der Waals surface area (Å²) in [5, 5.41) is 9.98. The minimum atomic E-state index is 0.509. The van der Waals surface area contributed by atoms with Gasteiger partial charge in [-0.3, -0.25) is 5.43 Å². The van der Waals surface area contributed by atoms with Gasteiger partial charge in [0.1, 0.15) is 5.75 Å². The van der Waals surface area contributed by atoms with Crippen molar-refractivity contribution < 1.29 is 4.74 Å². The Hall–Kier alpha value is -2.14. The molecular weight excluding hydrogens is 294 g/mol. The van der Waals surface area contributed by atoms with Crippen molar-refractivity contribution in [2.75, 3.05) is 13.2 Å². The Labute approximate surface area is 136 Å². The van der Waals surface area contributed by atoms with E-state index in [0.717, 1.165) is 35.1 Å². The Morgan fingerprint density at radius 2 is 2.05 bits per heavy atom. The van der Waals surface area contributed by atoms with Crippen LogP contribution in [0.4, 0.5) is 0 Å². The third kappa shape index (κ3) is 4.18. The lowest BCUT2D eigenvalue weighted by molar-refractivity contribution is 0.317. The summed E-state index contributed by atoms with van der Waals surface area (Å²) in [5.41, 5.74) is 3.77. The highest BCUT2D eigenvalue weighted by Crippen LogP contribution is 2.26. The standard InChI is InChI=1S/C17H21N3OS/c1-3-11-21-16-10-9-13-7-5-6-8-14(13)15(16)12-19-20-17(22)18-4-2/h5-10,12H,3-4,11H2,1-2H3,(H2,18,20,22)/b19-12-. The third-order valence-electron chi connectivity index (χ3n) is 3.09. The van der Waals surface area contributed by atoms with Crippen LogP contribution < -0.4 is 15.5 Å². The SMILES string of the molecule is CCCOc1ccc2ccccc2c1/C=N\NC(=S)NCC. The molecule has 0 radical (unpaired) electrons. The highest BCUT2D eigenvalue weighted by Gasteiger charge is 2.06. The molecule has 4 nitrogen and oxygen atoms in total. The number of thiocarbonyl (C=S) groups is 1.